The van der Waals surface area contributed by atoms with Crippen molar-refractivity contribution in [3.8, 4) is 6.07 Å². The first-order chi connectivity index (χ1) is 10.2. The Morgan fingerprint density at radius 2 is 2.19 bits per heavy atom. The second-order valence-corrected chi connectivity index (χ2v) is 4.47. The Morgan fingerprint density at radius 3 is 2.95 bits per heavy atom. The standard InChI is InChI=1S/C15H9FN4O/c16-13-6-10(7-17)3-4-12(13)9-20-15(21)14-11(8-19-20)2-1-5-18-14/h1-6,8H,9H2. The molecule has 0 amide bonds. The van der Waals surface area contributed by atoms with E-state index in [1.807, 2.05) is 6.07 Å². The monoisotopic (exact) mass is 280 g/mol. The van der Waals surface area contributed by atoms with Crippen LogP contribution in [0.4, 0.5) is 4.39 Å². The third-order valence-electron chi connectivity index (χ3n) is 3.11. The molecule has 2 aromatic heterocycles. The summed E-state index contributed by atoms with van der Waals surface area (Å²) < 4.78 is 15.0. The Labute approximate surface area is 118 Å². The molecule has 0 saturated carbocycles. The minimum absolute atomic E-state index is 0.0110. The SMILES string of the molecule is N#Cc1ccc(Cn2ncc3cccnc3c2=O)c(F)c1. The lowest BCUT2D eigenvalue weighted by atomic mass is 10.1. The summed E-state index contributed by atoms with van der Waals surface area (Å²) in [4.78, 5) is 16.3. The molecule has 0 aliphatic carbocycles. The molecule has 0 aliphatic rings. The number of halogens is 1. The Morgan fingerprint density at radius 1 is 1.33 bits per heavy atom. The van der Waals surface area contributed by atoms with Crippen LogP contribution < -0.4 is 5.56 Å². The lowest BCUT2D eigenvalue weighted by molar-refractivity contribution is 0.574. The van der Waals surface area contributed by atoms with Crippen LogP contribution in [0.3, 0.4) is 0 Å². The number of nitrogens with zero attached hydrogens (tertiary/aromatic N) is 4. The third kappa shape index (κ3) is 2.37. The van der Waals surface area contributed by atoms with Gasteiger partial charge in [0.1, 0.15) is 11.3 Å². The molecule has 0 N–H and O–H groups in total. The highest BCUT2D eigenvalue weighted by atomic mass is 19.1. The molecule has 0 spiro atoms. The van der Waals surface area contributed by atoms with Gasteiger partial charge in [0.15, 0.2) is 0 Å². The molecule has 0 atom stereocenters. The Hall–Kier alpha value is -3.07. The maximum atomic E-state index is 13.9. The van der Waals surface area contributed by atoms with E-state index in [0.717, 1.165) is 10.7 Å². The molecule has 102 valence electrons. The van der Waals surface area contributed by atoms with Gasteiger partial charge in [0.25, 0.3) is 5.56 Å². The number of fused-ring (bicyclic) bond motifs is 1. The summed E-state index contributed by atoms with van der Waals surface area (Å²) in [6.45, 7) is -0.0110. The van der Waals surface area contributed by atoms with Gasteiger partial charge in [0, 0.05) is 17.1 Å². The molecule has 3 aromatic rings. The van der Waals surface area contributed by atoms with Gasteiger partial charge >= 0.3 is 0 Å². The zero-order chi connectivity index (χ0) is 14.8. The Balaban J connectivity index is 2.05. The van der Waals surface area contributed by atoms with Crippen LogP contribution in [0.1, 0.15) is 11.1 Å². The predicted molar refractivity (Wildman–Crippen MR) is 74.0 cm³/mol. The highest BCUT2D eigenvalue weighted by Gasteiger charge is 2.09. The van der Waals surface area contributed by atoms with E-state index in [-0.39, 0.29) is 17.7 Å². The smallest absolute Gasteiger partial charge is 0.265 e. The number of hydrogen-bond acceptors (Lipinski definition) is 4. The van der Waals surface area contributed by atoms with E-state index in [4.69, 9.17) is 5.26 Å². The minimum atomic E-state index is -0.538. The quantitative estimate of drug-likeness (QED) is 0.718. The second kappa shape index (κ2) is 5.13. The maximum absolute atomic E-state index is 13.9. The maximum Gasteiger partial charge on any atom is 0.293 e. The van der Waals surface area contributed by atoms with Crippen molar-refractivity contribution in [1.29, 1.82) is 5.26 Å². The average molecular weight is 280 g/mol. The van der Waals surface area contributed by atoms with Gasteiger partial charge in [-0.25, -0.2) is 9.07 Å². The van der Waals surface area contributed by atoms with E-state index in [1.54, 1.807) is 12.1 Å². The first kappa shape index (κ1) is 12.9. The van der Waals surface area contributed by atoms with E-state index >= 15 is 0 Å². The fourth-order valence-electron chi connectivity index (χ4n) is 2.03. The molecule has 0 bridgehead atoms. The number of hydrogen-bond donors (Lipinski definition) is 0. The van der Waals surface area contributed by atoms with Gasteiger partial charge in [-0.2, -0.15) is 10.4 Å². The van der Waals surface area contributed by atoms with Crippen molar-refractivity contribution in [1.82, 2.24) is 14.8 Å². The van der Waals surface area contributed by atoms with E-state index in [9.17, 15) is 9.18 Å². The molecular formula is C15H9FN4O. The van der Waals surface area contributed by atoms with Crippen LogP contribution in [0.15, 0.2) is 47.5 Å². The van der Waals surface area contributed by atoms with Gasteiger partial charge in [-0.3, -0.25) is 9.78 Å². The Bertz CT molecular complexity index is 927. The first-order valence-corrected chi connectivity index (χ1v) is 6.18. The summed E-state index contributed by atoms with van der Waals surface area (Å²) in [5, 5.41) is 13.4. The molecule has 21 heavy (non-hydrogen) atoms. The summed E-state index contributed by atoms with van der Waals surface area (Å²) >= 11 is 0. The minimum Gasteiger partial charge on any atom is -0.265 e. The van der Waals surface area contributed by atoms with Crippen LogP contribution in [0.2, 0.25) is 0 Å². The van der Waals surface area contributed by atoms with Crippen molar-refractivity contribution < 1.29 is 4.39 Å². The zero-order valence-electron chi connectivity index (χ0n) is 10.8. The van der Waals surface area contributed by atoms with Gasteiger partial charge in [-0.15, -0.1) is 0 Å². The molecule has 1 aromatic carbocycles. The third-order valence-corrected chi connectivity index (χ3v) is 3.11. The molecule has 2 heterocycles. The predicted octanol–water partition coefficient (Wildman–Crippen LogP) is 1.85. The van der Waals surface area contributed by atoms with Crippen LogP contribution in [0.25, 0.3) is 10.9 Å². The van der Waals surface area contributed by atoms with Crippen LogP contribution in [-0.4, -0.2) is 14.8 Å². The highest BCUT2D eigenvalue weighted by Crippen LogP contribution is 2.11. The summed E-state index contributed by atoms with van der Waals surface area (Å²) in [5.41, 5.74) is 0.439. The van der Waals surface area contributed by atoms with E-state index < -0.39 is 5.82 Å². The molecule has 0 saturated heterocycles. The number of aromatic nitrogens is 3. The molecule has 3 rings (SSSR count). The van der Waals surface area contributed by atoms with Crippen molar-refractivity contribution in [2.75, 3.05) is 0 Å². The average Bonchev–Trinajstić information content (AvgIpc) is 2.52. The van der Waals surface area contributed by atoms with E-state index in [1.165, 1.54) is 24.5 Å². The van der Waals surface area contributed by atoms with Crippen LogP contribution in [-0.2, 0) is 6.54 Å². The molecule has 6 heteroatoms. The number of pyridine rings is 1. The zero-order valence-corrected chi connectivity index (χ0v) is 10.8. The van der Waals surface area contributed by atoms with E-state index in [2.05, 4.69) is 10.1 Å². The number of rotatable bonds is 2. The summed E-state index contributed by atoms with van der Waals surface area (Å²) in [5.74, 6) is -0.538. The summed E-state index contributed by atoms with van der Waals surface area (Å²) in [6.07, 6.45) is 3.04. The van der Waals surface area contributed by atoms with Crippen molar-refractivity contribution in [3.05, 3.63) is 70.0 Å². The van der Waals surface area contributed by atoms with Gasteiger partial charge in [-0.1, -0.05) is 6.07 Å². The topological polar surface area (TPSA) is 71.6 Å². The molecule has 0 fully saturated rings. The number of nitriles is 1. The second-order valence-electron chi connectivity index (χ2n) is 4.47. The Kier molecular flexibility index (Phi) is 3.16. The fraction of sp³-hybridized carbons (Fsp3) is 0.0667. The van der Waals surface area contributed by atoms with Crippen molar-refractivity contribution in [2.45, 2.75) is 6.54 Å². The van der Waals surface area contributed by atoms with E-state index in [0.29, 0.717) is 16.5 Å². The highest BCUT2D eigenvalue weighted by molar-refractivity contribution is 5.75. The molecule has 0 radical (unpaired) electrons. The molecule has 5 nitrogen and oxygen atoms in total. The lowest BCUT2D eigenvalue weighted by Gasteiger charge is -2.06. The van der Waals surface area contributed by atoms with Crippen molar-refractivity contribution in [2.24, 2.45) is 0 Å². The molecule has 0 aliphatic heterocycles. The van der Waals surface area contributed by atoms with Gasteiger partial charge in [0.05, 0.1) is 24.4 Å². The molecular weight excluding hydrogens is 271 g/mol. The summed E-state index contributed by atoms with van der Waals surface area (Å²) in [6, 6.07) is 9.43. The number of benzene rings is 1. The summed E-state index contributed by atoms with van der Waals surface area (Å²) in [7, 11) is 0. The lowest BCUT2D eigenvalue weighted by Crippen LogP contribution is -2.24. The molecule has 0 unspecified atom stereocenters. The van der Waals surface area contributed by atoms with Crippen LogP contribution >= 0.6 is 0 Å². The van der Waals surface area contributed by atoms with Crippen LogP contribution in [0, 0.1) is 17.1 Å². The van der Waals surface area contributed by atoms with Gasteiger partial charge < -0.3 is 0 Å². The fourth-order valence-corrected chi connectivity index (χ4v) is 2.03. The normalized spacial score (nSPS) is 10.5. The van der Waals surface area contributed by atoms with Gasteiger partial charge in [-0.05, 0) is 24.3 Å². The van der Waals surface area contributed by atoms with Crippen molar-refractivity contribution in [3.63, 3.8) is 0 Å². The van der Waals surface area contributed by atoms with Crippen LogP contribution in [0.5, 0.6) is 0 Å². The van der Waals surface area contributed by atoms with Gasteiger partial charge in [0.2, 0.25) is 0 Å². The largest absolute Gasteiger partial charge is 0.293 e. The van der Waals surface area contributed by atoms with Crippen molar-refractivity contribution >= 4 is 10.9 Å². The first-order valence-electron chi connectivity index (χ1n) is 6.18.